The van der Waals surface area contributed by atoms with Crippen LogP contribution >= 0.6 is 11.8 Å². The number of hydrogen-bond acceptors (Lipinski definition) is 8. The van der Waals surface area contributed by atoms with Gasteiger partial charge in [-0.1, -0.05) is 25.6 Å². The van der Waals surface area contributed by atoms with Crippen LogP contribution in [0.15, 0.2) is 29.6 Å². The predicted molar refractivity (Wildman–Crippen MR) is 144 cm³/mol. The van der Waals surface area contributed by atoms with Gasteiger partial charge in [0.25, 0.3) is 0 Å². The number of ketones is 1. The number of ether oxygens (including phenoxy) is 2. The first-order valence-corrected chi connectivity index (χ1v) is 15.0. The van der Waals surface area contributed by atoms with Gasteiger partial charge >= 0.3 is 0 Å². The highest BCUT2D eigenvalue weighted by molar-refractivity contribution is 7.99. The summed E-state index contributed by atoms with van der Waals surface area (Å²) in [4.78, 5) is 22.4. The van der Waals surface area contributed by atoms with E-state index in [1.807, 2.05) is 13.8 Å². The van der Waals surface area contributed by atoms with E-state index in [1.165, 1.54) is 15.7 Å². The van der Waals surface area contributed by atoms with Crippen molar-refractivity contribution >= 4 is 38.6 Å². The number of benzene rings is 1. The van der Waals surface area contributed by atoms with Crippen LogP contribution in [-0.2, 0) is 20.6 Å². The molecule has 2 aromatic heterocycles. The number of imidazole rings is 1. The van der Waals surface area contributed by atoms with Crippen LogP contribution in [0, 0.1) is 30.6 Å². The van der Waals surface area contributed by atoms with E-state index in [4.69, 9.17) is 14.5 Å². The number of thioether (sulfide) groups is 1. The molecule has 2 fully saturated rings. The smallest absolute Gasteiger partial charge is 0.242 e. The highest BCUT2D eigenvalue weighted by atomic mass is 32.2. The van der Waals surface area contributed by atoms with E-state index >= 15 is 0 Å². The van der Waals surface area contributed by atoms with Crippen molar-refractivity contribution in [1.29, 1.82) is 0 Å². The lowest BCUT2D eigenvalue weighted by molar-refractivity contribution is -0.128. The fourth-order valence-electron chi connectivity index (χ4n) is 6.34. The van der Waals surface area contributed by atoms with E-state index in [1.54, 1.807) is 38.6 Å². The maximum absolute atomic E-state index is 14.2. The molecule has 0 amide bonds. The fourth-order valence-corrected chi connectivity index (χ4v) is 9.93. The molecule has 0 N–H and O–H groups in total. The molecule has 0 spiro atoms. The van der Waals surface area contributed by atoms with Gasteiger partial charge in [-0.25, -0.2) is 17.4 Å². The van der Waals surface area contributed by atoms with Gasteiger partial charge in [0.1, 0.15) is 17.3 Å². The maximum Gasteiger partial charge on any atom is 0.242 e. The zero-order chi connectivity index (χ0) is 26.8. The van der Waals surface area contributed by atoms with Crippen molar-refractivity contribution in [3.05, 3.63) is 41.2 Å². The third-order valence-corrected chi connectivity index (χ3v) is 11.6. The molecule has 10 heteroatoms. The van der Waals surface area contributed by atoms with Crippen LogP contribution in [0.3, 0.4) is 0 Å². The van der Waals surface area contributed by atoms with E-state index in [9.17, 15) is 13.2 Å². The van der Waals surface area contributed by atoms with Crippen LogP contribution in [0.4, 0.5) is 0 Å². The molecule has 2 aliphatic carbocycles. The van der Waals surface area contributed by atoms with Crippen LogP contribution in [0.5, 0.6) is 11.5 Å². The first kappa shape index (κ1) is 26.0. The molecular weight excluding hydrogens is 510 g/mol. The summed E-state index contributed by atoms with van der Waals surface area (Å²) in [6.45, 7) is 7.99. The van der Waals surface area contributed by atoms with Gasteiger partial charge in [0, 0.05) is 35.6 Å². The van der Waals surface area contributed by atoms with Gasteiger partial charge in [-0.05, 0) is 50.2 Å². The van der Waals surface area contributed by atoms with Crippen LogP contribution < -0.4 is 9.47 Å². The summed E-state index contributed by atoms with van der Waals surface area (Å²) < 4.78 is 40.6. The Balaban J connectivity index is 1.57. The Morgan fingerprint density at radius 1 is 1.19 bits per heavy atom. The lowest BCUT2D eigenvalue weighted by Gasteiger charge is -2.36. The number of carbonyl (C=O) groups excluding carboxylic acids is 1. The van der Waals surface area contributed by atoms with Crippen LogP contribution in [0.1, 0.15) is 49.9 Å². The number of aromatic nitrogens is 3. The molecule has 8 nitrogen and oxygen atoms in total. The zero-order valence-corrected chi connectivity index (χ0v) is 23.8. The van der Waals surface area contributed by atoms with Gasteiger partial charge in [0.2, 0.25) is 10.0 Å². The third-order valence-electron chi connectivity index (χ3n) is 8.73. The Bertz CT molecular complexity index is 1510. The van der Waals surface area contributed by atoms with Gasteiger partial charge in [-0.2, -0.15) is 0 Å². The topological polar surface area (TPSA) is 100 Å². The van der Waals surface area contributed by atoms with Crippen molar-refractivity contribution in [3.8, 4) is 11.5 Å². The minimum Gasteiger partial charge on any atom is -0.497 e. The van der Waals surface area contributed by atoms with Gasteiger partial charge in [0.05, 0.1) is 42.1 Å². The molecule has 1 aromatic carbocycles. The summed E-state index contributed by atoms with van der Waals surface area (Å²) in [5, 5.41) is 0.346. The van der Waals surface area contributed by atoms with Crippen molar-refractivity contribution in [2.45, 2.75) is 57.9 Å². The molecule has 2 heterocycles. The zero-order valence-electron chi connectivity index (χ0n) is 22.1. The summed E-state index contributed by atoms with van der Waals surface area (Å²) in [6.07, 6.45) is 3.72. The third kappa shape index (κ3) is 3.94. The Hall–Kier alpha value is -2.59. The van der Waals surface area contributed by atoms with E-state index < -0.39 is 15.4 Å². The van der Waals surface area contributed by atoms with Gasteiger partial charge in [0.15, 0.2) is 5.16 Å². The largest absolute Gasteiger partial charge is 0.497 e. The van der Waals surface area contributed by atoms with E-state index in [0.717, 1.165) is 29.0 Å². The molecule has 37 heavy (non-hydrogen) atoms. The number of rotatable bonds is 8. The molecule has 198 valence electrons. The van der Waals surface area contributed by atoms with Crippen LogP contribution in [-0.4, -0.2) is 48.1 Å². The second-order valence-electron chi connectivity index (χ2n) is 10.8. The maximum atomic E-state index is 14.2. The number of Topliss-reactive ketones (excluding diaryl/α,β-unsaturated/α-hetero) is 1. The average Bonchev–Trinajstić information content (AvgIpc) is 3.39. The average molecular weight is 544 g/mol. The van der Waals surface area contributed by atoms with Gasteiger partial charge in [-0.15, -0.1) is 0 Å². The molecule has 2 atom stereocenters. The van der Waals surface area contributed by atoms with E-state index in [2.05, 4.69) is 18.8 Å². The fraction of sp³-hybridized carbons (Fsp3) is 0.519. The van der Waals surface area contributed by atoms with Crippen molar-refractivity contribution < 1.29 is 22.7 Å². The van der Waals surface area contributed by atoms with Crippen molar-refractivity contribution in [3.63, 3.8) is 0 Å². The first-order valence-electron chi connectivity index (χ1n) is 12.4. The Morgan fingerprint density at radius 3 is 2.57 bits per heavy atom. The van der Waals surface area contributed by atoms with Crippen molar-refractivity contribution in [2.24, 2.45) is 16.7 Å². The number of pyridine rings is 1. The molecule has 2 aliphatic rings. The summed E-state index contributed by atoms with van der Waals surface area (Å²) in [7, 11) is -0.740. The second-order valence-corrected chi connectivity index (χ2v) is 13.5. The number of methoxy groups -OCH3 is 2. The molecular formula is C27H33N3O5S2. The van der Waals surface area contributed by atoms with Crippen molar-refractivity contribution in [1.82, 2.24) is 13.9 Å². The van der Waals surface area contributed by atoms with Crippen LogP contribution in [0.25, 0.3) is 11.0 Å². The molecule has 3 aromatic rings. The highest BCUT2D eigenvalue weighted by Gasteiger charge is 2.65. The summed E-state index contributed by atoms with van der Waals surface area (Å²) in [5.41, 5.74) is 2.42. The monoisotopic (exact) mass is 543 g/mol. The molecule has 2 unspecified atom stereocenters. The highest BCUT2D eigenvalue weighted by Crippen LogP contribution is 2.64. The van der Waals surface area contributed by atoms with E-state index in [-0.39, 0.29) is 22.9 Å². The SMILES string of the molecule is COc1ccc2c(c1)nc(SCc1ncc(C)c(OC)c1C)n2S(=O)(=O)CC12CCC(CC1=O)C2(C)C. The molecule has 0 saturated heterocycles. The lowest BCUT2D eigenvalue weighted by Crippen LogP contribution is -2.43. The summed E-state index contributed by atoms with van der Waals surface area (Å²) in [6, 6.07) is 5.19. The standard InChI is InChI=1S/C27H33N3O5S2/c1-16-13-28-21(17(2)24(16)35-6)14-36-25-29-20-12-19(34-5)7-8-22(20)30(25)37(32,33)15-27-10-9-18(11-23(27)31)26(27,3)4/h7-8,12-13,18H,9-11,14-15H2,1-6H3. The van der Waals surface area contributed by atoms with Crippen molar-refractivity contribution in [2.75, 3.05) is 20.0 Å². The Morgan fingerprint density at radius 2 is 1.95 bits per heavy atom. The van der Waals surface area contributed by atoms with Gasteiger partial charge < -0.3 is 9.47 Å². The molecule has 0 aliphatic heterocycles. The van der Waals surface area contributed by atoms with Crippen LogP contribution in [0.2, 0.25) is 0 Å². The summed E-state index contributed by atoms with van der Waals surface area (Å²) in [5.74, 6) is 1.87. The Kier molecular flexibility index (Phi) is 6.34. The number of hydrogen-bond donors (Lipinski definition) is 0. The normalized spacial score (nSPS) is 22.6. The summed E-state index contributed by atoms with van der Waals surface area (Å²) >= 11 is 1.31. The minimum absolute atomic E-state index is 0.0733. The molecule has 2 saturated carbocycles. The Labute approximate surface area is 222 Å². The molecule has 5 rings (SSSR count). The number of nitrogens with zero attached hydrogens (tertiary/aromatic N) is 3. The van der Waals surface area contributed by atoms with E-state index in [0.29, 0.717) is 40.5 Å². The number of carbonyl (C=O) groups is 1. The van der Waals surface area contributed by atoms with Gasteiger partial charge in [-0.3, -0.25) is 9.78 Å². The number of fused-ring (bicyclic) bond motifs is 3. The number of aryl methyl sites for hydroxylation is 1. The lowest BCUT2D eigenvalue weighted by atomic mass is 9.70. The first-order chi connectivity index (χ1) is 17.4. The quantitative estimate of drug-likeness (QED) is 0.369. The predicted octanol–water partition coefficient (Wildman–Crippen LogP) is 4.93. The molecule has 2 bridgehead atoms. The molecule has 0 radical (unpaired) electrons. The minimum atomic E-state index is -3.93. The second kappa shape index (κ2) is 9.01.